The number of carbonyl (C=O) groups is 1. The van der Waals surface area contributed by atoms with E-state index in [0.29, 0.717) is 5.69 Å². The molecule has 1 N–H and O–H groups in total. The van der Waals surface area contributed by atoms with Crippen LogP contribution in [0.25, 0.3) is 5.52 Å². The van der Waals surface area contributed by atoms with E-state index in [-0.39, 0.29) is 5.91 Å². The summed E-state index contributed by atoms with van der Waals surface area (Å²) >= 11 is 3.46. The van der Waals surface area contributed by atoms with Gasteiger partial charge in [0.15, 0.2) is 5.69 Å². The maximum atomic E-state index is 12.5. The smallest absolute Gasteiger partial charge is 0.276 e. The van der Waals surface area contributed by atoms with Crippen LogP contribution in [0.4, 0.5) is 5.69 Å². The van der Waals surface area contributed by atoms with Crippen LogP contribution in [0.1, 0.15) is 21.9 Å². The highest BCUT2D eigenvalue weighted by atomic mass is 79.9. The Morgan fingerprint density at radius 3 is 2.81 bits per heavy atom. The van der Waals surface area contributed by atoms with Gasteiger partial charge >= 0.3 is 0 Å². The molecule has 5 heteroatoms. The first-order valence-electron chi connectivity index (χ1n) is 6.57. The van der Waals surface area contributed by atoms with Crippen LogP contribution >= 0.6 is 15.9 Å². The number of aromatic nitrogens is 2. The second kappa shape index (κ2) is 5.33. The molecule has 106 valence electrons. The third-order valence-corrected chi connectivity index (χ3v) is 3.97. The summed E-state index contributed by atoms with van der Waals surface area (Å²) in [5, 5.41) is 2.90. The van der Waals surface area contributed by atoms with Crippen molar-refractivity contribution in [2.45, 2.75) is 13.8 Å². The summed E-state index contributed by atoms with van der Waals surface area (Å²) in [6.07, 6.45) is 1.90. The maximum Gasteiger partial charge on any atom is 0.276 e. The number of nitrogens with zero attached hydrogens (tertiary/aromatic N) is 2. The van der Waals surface area contributed by atoms with Crippen LogP contribution in [0.5, 0.6) is 0 Å². The van der Waals surface area contributed by atoms with Gasteiger partial charge in [0.25, 0.3) is 5.91 Å². The molecule has 0 saturated carbocycles. The van der Waals surface area contributed by atoms with E-state index in [2.05, 4.69) is 26.2 Å². The van der Waals surface area contributed by atoms with Gasteiger partial charge in [-0.3, -0.25) is 4.79 Å². The molecule has 0 spiro atoms. The van der Waals surface area contributed by atoms with Crippen LogP contribution in [0.3, 0.4) is 0 Å². The van der Waals surface area contributed by atoms with Gasteiger partial charge in [-0.15, -0.1) is 0 Å². The summed E-state index contributed by atoms with van der Waals surface area (Å²) in [7, 11) is 0. The number of nitrogens with one attached hydrogen (secondary N) is 1. The number of halogens is 1. The van der Waals surface area contributed by atoms with Crippen LogP contribution in [-0.2, 0) is 0 Å². The van der Waals surface area contributed by atoms with Gasteiger partial charge in [0.1, 0.15) is 5.82 Å². The summed E-state index contributed by atoms with van der Waals surface area (Å²) in [6, 6.07) is 11.5. The number of fused-ring (bicyclic) bond motifs is 1. The van der Waals surface area contributed by atoms with Gasteiger partial charge < -0.3 is 9.72 Å². The highest BCUT2D eigenvalue weighted by Crippen LogP contribution is 2.24. The molecule has 21 heavy (non-hydrogen) atoms. The minimum Gasteiger partial charge on any atom is -0.320 e. The van der Waals surface area contributed by atoms with Crippen molar-refractivity contribution in [3.63, 3.8) is 0 Å². The van der Waals surface area contributed by atoms with Crippen molar-refractivity contribution >= 4 is 33.0 Å². The average Bonchev–Trinajstić information content (AvgIpc) is 2.80. The molecule has 1 amide bonds. The number of hydrogen-bond acceptors (Lipinski definition) is 2. The highest BCUT2D eigenvalue weighted by Gasteiger charge is 2.16. The molecule has 0 unspecified atom stereocenters. The van der Waals surface area contributed by atoms with Crippen molar-refractivity contribution in [2.24, 2.45) is 0 Å². The van der Waals surface area contributed by atoms with E-state index in [0.717, 1.165) is 27.1 Å². The molecule has 3 aromatic rings. The Bertz CT molecular complexity index is 839. The summed E-state index contributed by atoms with van der Waals surface area (Å²) in [5.74, 6) is 0.579. The quantitative estimate of drug-likeness (QED) is 0.765. The Balaban J connectivity index is 1.98. The van der Waals surface area contributed by atoms with Gasteiger partial charge in [-0.2, -0.15) is 0 Å². The minimum absolute atomic E-state index is 0.212. The Morgan fingerprint density at radius 1 is 1.24 bits per heavy atom. The number of benzene rings is 1. The first-order valence-corrected chi connectivity index (χ1v) is 7.37. The van der Waals surface area contributed by atoms with Crippen molar-refractivity contribution in [1.29, 1.82) is 0 Å². The molecule has 0 aliphatic rings. The lowest BCUT2D eigenvalue weighted by Crippen LogP contribution is -2.13. The number of carbonyl (C=O) groups excluding carboxylic acids is 1. The van der Waals surface area contributed by atoms with Crippen LogP contribution in [-0.4, -0.2) is 15.3 Å². The van der Waals surface area contributed by atoms with Crippen molar-refractivity contribution in [2.75, 3.05) is 5.32 Å². The Labute approximate surface area is 131 Å². The molecule has 0 atom stereocenters. The Morgan fingerprint density at radius 2 is 2.05 bits per heavy atom. The standard InChI is InChI=1S/C16H14BrN3O/c1-10-6-7-13(12(17)9-10)19-16(21)15-14-5-3-4-8-20(14)11(2)18-15/h3-9H,1-2H3,(H,19,21). The number of hydrogen-bond donors (Lipinski definition) is 1. The third kappa shape index (κ3) is 2.56. The molecule has 4 nitrogen and oxygen atoms in total. The molecular formula is C16H14BrN3O. The van der Waals surface area contributed by atoms with Gasteiger partial charge in [0.2, 0.25) is 0 Å². The number of anilines is 1. The molecule has 0 aliphatic heterocycles. The second-order valence-corrected chi connectivity index (χ2v) is 5.76. The highest BCUT2D eigenvalue weighted by molar-refractivity contribution is 9.10. The van der Waals surface area contributed by atoms with E-state index in [1.165, 1.54) is 0 Å². The molecule has 0 aliphatic carbocycles. The molecule has 2 aromatic heterocycles. The molecule has 0 radical (unpaired) electrons. The van der Waals surface area contributed by atoms with Crippen LogP contribution < -0.4 is 5.32 Å². The Hall–Kier alpha value is -2.14. The Kier molecular flexibility index (Phi) is 3.51. The summed E-state index contributed by atoms with van der Waals surface area (Å²) in [6.45, 7) is 3.88. The van der Waals surface area contributed by atoms with E-state index in [1.807, 2.05) is 60.8 Å². The van der Waals surface area contributed by atoms with Gasteiger partial charge in [0, 0.05) is 10.7 Å². The fourth-order valence-electron chi connectivity index (χ4n) is 2.26. The van der Waals surface area contributed by atoms with Crippen molar-refractivity contribution in [3.05, 3.63) is 64.1 Å². The average molecular weight is 344 g/mol. The lowest BCUT2D eigenvalue weighted by molar-refractivity contribution is 0.102. The van der Waals surface area contributed by atoms with E-state index >= 15 is 0 Å². The maximum absolute atomic E-state index is 12.5. The van der Waals surface area contributed by atoms with Gasteiger partial charge in [-0.25, -0.2) is 4.98 Å². The number of amides is 1. The van der Waals surface area contributed by atoms with Gasteiger partial charge in [-0.05, 0) is 59.6 Å². The van der Waals surface area contributed by atoms with E-state index in [9.17, 15) is 4.79 Å². The largest absolute Gasteiger partial charge is 0.320 e. The number of imidazole rings is 1. The molecule has 1 aromatic carbocycles. The first-order chi connectivity index (χ1) is 10.1. The van der Waals surface area contributed by atoms with Crippen molar-refractivity contribution < 1.29 is 4.79 Å². The molecular weight excluding hydrogens is 330 g/mol. The summed E-state index contributed by atoms with van der Waals surface area (Å²) < 4.78 is 2.76. The number of rotatable bonds is 2. The number of aryl methyl sites for hydroxylation is 2. The third-order valence-electron chi connectivity index (χ3n) is 3.31. The van der Waals surface area contributed by atoms with E-state index in [4.69, 9.17) is 0 Å². The zero-order chi connectivity index (χ0) is 15.0. The van der Waals surface area contributed by atoms with Crippen LogP contribution in [0.2, 0.25) is 0 Å². The second-order valence-electron chi connectivity index (χ2n) is 4.90. The predicted octanol–water partition coefficient (Wildman–Crippen LogP) is 3.97. The minimum atomic E-state index is -0.212. The molecule has 0 saturated heterocycles. The molecule has 3 rings (SSSR count). The van der Waals surface area contributed by atoms with Crippen molar-refractivity contribution in [3.8, 4) is 0 Å². The first kappa shape index (κ1) is 13.8. The van der Waals surface area contributed by atoms with Gasteiger partial charge in [-0.1, -0.05) is 12.1 Å². The fraction of sp³-hybridized carbons (Fsp3) is 0.125. The molecule has 0 bridgehead atoms. The van der Waals surface area contributed by atoms with Crippen molar-refractivity contribution in [1.82, 2.24) is 9.38 Å². The van der Waals surface area contributed by atoms with E-state index in [1.54, 1.807) is 0 Å². The van der Waals surface area contributed by atoms with Crippen LogP contribution in [0.15, 0.2) is 47.1 Å². The zero-order valence-corrected chi connectivity index (χ0v) is 13.3. The summed E-state index contributed by atoms with van der Waals surface area (Å²) in [5.41, 5.74) is 3.10. The summed E-state index contributed by atoms with van der Waals surface area (Å²) in [4.78, 5) is 16.8. The normalized spacial score (nSPS) is 10.8. The van der Waals surface area contributed by atoms with Crippen LogP contribution in [0, 0.1) is 13.8 Å². The predicted molar refractivity (Wildman–Crippen MR) is 86.8 cm³/mol. The lowest BCUT2D eigenvalue weighted by Gasteiger charge is -2.07. The zero-order valence-electron chi connectivity index (χ0n) is 11.7. The molecule has 2 heterocycles. The fourth-order valence-corrected chi connectivity index (χ4v) is 2.85. The lowest BCUT2D eigenvalue weighted by atomic mass is 10.2. The van der Waals surface area contributed by atoms with E-state index < -0.39 is 0 Å². The SMILES string of the molecule is Cc1ccc(NC(=O)c2nc(C)n3ccccc23)c(Br)c1. The molecule has 0 fully saturated rings. The number of pyridine rings is 1. The topological polar surface area (TPSA) is 46.4 Å². The van der Waals surface area contributed by atoms with Gasteiger partial charge in [0.05, 0.1) is 11.2 Å². The monoisotopic (exact) mass is 343 g/mol.